The van der Waals surface area contributed by atoms with Crippen molar-refractivity contribution in [2.24, 2.45) is 0 Å². The van der Waals surface area contributed by atoms with Crippen LogP contribution in [0.15, 0.2) is 29.8 Å². The van der Waals surface area contributed by atoms with E-state index in [0.717, 1.165) is 59.1 Å². The first-order chi connectivity index (χ1) is 15.1. The zero-order valence-electron chi connectivity index (χ0n) is 17.7. The molecule has 160 valence electrons. The molecular formula is C22H25N7OS. The molecule has 1 aliphatic heterocycles. The van der Waals surface area contributed by atoms with Crippen LogP contribution in [-0.4, -0.2) is 35.4 Å². The Hall–Kier alpha value is -3.07. The second-order valence-electron chi connectivity index (χ2n) is 8.13. The Balaban J connectivity index is 1.48. The smallest absolute Gasteiger partial charge is 0.252 e. The van der Waals surface area contributed by atoms with E-state index in [-0.39, 0.29) is 11.9 Å². The molecule has 9 heteroatoms. The van der Waals surface area contributed by atoms with Crippen molar-refractivity contribution in [1.29, 1.82) is 0 Å². The number of aryl methyl sites for hydroxylation is 1. The molecule has 0 atom stereocenters. The van der Waals surface area contributed by atoms with Crippen LogP contribution in [0.2, 0.25) is 0 Å². The molecule has 31 heavy (non-hydrogen) atoms. The van der Waals surface area contributed by atoms with Crippen molar-refractivity contribution in [2.45, 2.75) is 58.7 Å². The van der Waals surface area contributed by atoms with E-state index in [0.29, 0.717) is 12.1 Å². The van der Waals surface area contributed by atoms with Gasteiger partial charge in [0.1, 0.15) is 5.82 Å². The Kier molecular flexibility index (Phi) is 5.27. The Morgan fingerprint density at radius 2 is 2.16 bits per heavy atom. The molecule has 0 aromatic carbocycles. The number of fused-ring (bicyclic) bond motifs is 2. The SMILES string of the molecule is CC(C)n1ncc2c(C(=O)NCc3nnc4n3CCCCC4)cc(-c3cccs3)nc21. The van der Waals surface area contributed by atoms with Crippen LogP contribution in [0.3, 0.4) is 0 Å². The number of pyridine rings is 1. The second kappa shape index (κ2) is 8.22. The zero-order chi connectivity index (χ0) is 21.4. The van der Waals surface area contributed by atoms with E-state index in [4.69, 9.17) is 4.98 Å². The van der Waals surface area contributed by atoms with Gasteiger partial charge in [-0.1, -0.05) is 12.5 Å². The highest BCUT2D eigenvalue weighted by Crippen LogP contribution is 2.29. The number of carbonyl (C=O) groups excluding carboxylic acids is 1. The third-order valence-electron chi connectivity index (χ3n) is 5.67. The quantitative estimate of drug-likeness (QED) is 0.512. The summed E-state index contributed by atoms with van der Waals surface area (Å²) in [6.45, 7) is 5.38. The fourth-order valence-electron chi connectivity index (χ4n) is 4.06. The number of nitrogens with zero attached hydrogens (tertiary/aromatic N) is 6. The molecule has 0 bridgehead atoms. The summed E-state index contributed by atoms with van der Waals surface area (Å²) < 4.78 is 4.02. The van der Waals surface area contributed by atoms with Gasteiger partial charge in [0, 0.05) is 19.0 Å². The van der Waals surface area contributed by atoms with Gasteiger partial charge in [0.25, 0.3) is 5.91 Å². The molecular weight excluding hydrogens is 410 g/mol. The van der Waals surface area contributed by atoms with Gasteiger partial charge in [-0.3, -0.25) is 4.79 Å². The van der Waals surface area contributed by atoms with Gasteiger partial charge in [0.2, 0.25) is 0 Å². The van der Waals surface area contributed by atoms with Gasteiger partial charge < -0.3 is 9.88 Å². The second-order valence-corrected chi connectivity index (χ2v) is 9.08. The Bertz CT molecular complexity index is 1220. The predicted octanol–water partition coefficient (Wildman–Crippen LogP) is 3.99. The summed E-state index contributed by atoms with van der Waals surface area (Å²) in [5.41, 5.74) is 2.09. The summed E-state index contributed by atoms with van der Waals surface area (Å²) in [6, 6.07) is 6.01. The van der Waals surface area contributed by atoms with Crippen molar-refractivity contribution < 1.29 is 4.79 Å². The van der Waals surface area contributed by atoms with Crippen molar-refractivity contribution in [1.82, 2.24) is 34.8 Å². The molecule has 0 spiro atoms. The summed E-state index contributed by atoms with van der Waals surface area (Å²) in [5, 5.41) is 19.0. The molecule has 1 aliphatic rings. The van der Waals surface area contributed by atoms with Crippen molar-refractivity contribution >= 4 is 28.3 Å². The van der Waals surface area contributed by atoms with E-state index in [1.165, 1.54) is 6.42 Å². The highest BCUT2D eigenvalue weighted by molar-refractivity contribution is 7.13. The van der Waals surface area contributed by atoms with Gasteiger partial charge in [0.15, 0.2) is 11.5 Å². The summed E-state index contributed by atoms with van der Waals surface area (Å²) in [7, 11) is 0. The van der Waals surface area contributed by atoms with Gasteiger partial charge in [-0.25, -0.2) is 9.67 Å². The van der Waals surface area contributed by atoms with Gasteiger partial charge >= 0.3 is 0 Å². The fourth-order valence-corrected chi connectivity index (χ4v) is 4.75. The summed E-state index contributed by atoms with van der Waals surface area (Å²) >= 11 is 1.61. The molecule has 0 saturated carbocycles. The number of rotatable bonds is 5. The minimum atomic E-state index is -0.153. The van der Waals surface area contributed by atoms with Crippen LogP contribution in [0, 0.1) is 0 Å². The standard InChI is InChI=1S/C22H25N7OS/c1-14(2)29-21-16(12-24-29)15(11-17(25-21)18-7-6-10-31-18)22(30)23-13-20-27-26-19-8-4-3-5-9-28(19)20/h6-7,10-12,14H,3-5,8-9,13H2,1-2H3,(H,23,30). The summed E-state index contributed by atoms with van der Waals surface area (Å²) in [6.07, 6.45) is 6.15. The van der Waals surface area contributed by atoms with E-state index in [1.54, 1.807) is 17.5 Å². The Labute approximate surface area is 184 Å². The van der Waals surface area contributed by atoms with Crippen molar-refractivity contribution in [3.05, 3.63) is 47.0 Å². The van der Waals surface area contributed by atoms with Crippen LogP contribution in [0.1, 0.15) is 61.2 Å². The largest absolute Gasteiger partial charge is 0.345 e. The molecule has 0 fully saturated rings. The van der Waals surface area contributed by atoms with Gasteiger partial charge in [-0.2, -0.15) is 5.10 Å². The van der Waals surface area contributed by atoms with Crippen LogP contribution in [0.5, 0.6) is 0 Å². The molecule has 1 N–H and O–H groups in total. The third-order valence-corrected chi connectivity index (χ3v) is 6.56. The van der Waals surface area contributed by atoms with E-state index in [9.17, 15) is 4.79 Å². The topological polar surface area (TPSA) is 90.5 Å². The number of amides is 1. The van der Waals surface area contributed by atoms with Crippen LogP contribution >= 0.6 is 11.3 Å². The van der Waals surface area contributed by atoms with Crippen LogP contribution < -0.4 is 5.32 Å². The molecule has 5 heterocycles. The molecule has 1 amide bonds. The first-order valence-electron chi connectivity index (χ1n) is 10.7. The molecule has 0 unspecified atom stereocenters. The highest BCUT2D eigenvalue weighted by atomic mass is 32.1. The van der Waals surface area contributed by atoms with Crippen LogP contribution in [0.4, 0.5) is 0 Å². The van der Waals surface area contributed by atoms with E-state index in [1.807, 2.05) is 28.3 Å². The molecule has 0 radical (unpaired) electrons. The normalized spacial score (nSPS) is 14.0. The van der Waals surface area contributed by atoms with E-state index in [2.05, 4.69) is 39.0 Å². The first-order valence-corrected chi connectivity index (χ1v) is 11.6. The number of thiophene rings is 1. The highest BCUT2D eigenvalue weighted by Gasteiger charge is 2.20. The van der Waals surface area contributed by atoms with Gasteiger partial charge in [0.05, 0.1) is 34.3 Å². The number of carbonyl (C=O) groups is 1. The number of hydrogen-bond donors (Lipinski definition) is 1. The molecule has 0 saturated heterocycles. The maximum atomic E-state index is 13.3. The molecule has 0 aliphatic carbocycles. The Morgan fingerprint density at radius 1 is 1.26 bits per heavy atom. The lowest BCUT2D eigenvalue weighted by Crippen LogP contribution is -2.25. The van der Waals surface area contributed by atoms with Crippen LogP contribution in [-0.2, 0) is 19.5 Å². The van der Waals surface area contributed by atoms with Crippen molar-refractivity contribution in [2.75, 3.05) is 0 Å². The lowest BCUT2D eigenvalue weighted by atomic mass is 10.1. The average Bonchev–Trinajstić information content (AvgIpc) is 3.48. The maximum Gasteiger partial charge on any atom is 0.252 e. The lowest BCUT2D eigenvalue weighted by molar-refractivity contribution is 0.0951. The van der Waals surface area contributed by atoms with Crippen LogP contribution in [0.25, 0.3) is 21.6 Å². The van der Waals surface area contributed by atoms with Crippen molar-refractivity contribution in [3.63, 3.8) is 0 Å². The lowest BCUT2D eigenvalue weighted by Gasteiger charge is -2.11. The van der Waals surface area contributed by atoms with Gasteiger partial charge in [-0.15, -0.1) is 21.5 Å². The maximum absolute atomic E-state index is 13.3. The van der Waals surface area contributed by atoms with E-state index >= 15 is 0 Å². The molecule has 8 nitrogen and oxygen atoms in total. The van der Waals surface area contributed by atoms with E-state index < -0.39 is 0 Å². The average molecular weight is 436 g/mol. The zero-order valence-corrected chi connectivity index (χ0v) is 18.5. The predicted molar refractivity (Wildman–Crippen MR) is 120 cm³/mol. The minimum Gasteiger partial charge on any atom is -0.345 e. The number of hydrogen-bond acceptors (Lipinski definition) is 6. The third kappa shape index (κ3) is 3.74. The molecule has 4 aromatic heterocycles. The number of nitrogens with one attached hydrogen (secondary N) is 1. The summed E-state index contributed by atoms with van der Waals surface area (Å²) in [5.74, 6) is 1.68. The van der Waals surface area contributed by atoms with Crippen molar-refractivity contribution in [3.8, 4) is 10.6 Å². The minimum absolute atomic E-state index is 0.144. The fraction of sp³-hybridized carbons (Fsp3) is 0.409. The monoisotopic (exact) mass is 435 g/mol. The van der Waals surface area contributed by atoms with Gasteiger partial charge in [-0.05, 0) is 44.2 Å². The molecule has 4 aromatic rings. The Morgan fingerprint density at radius 3 is 2.97 bits per heavy atom. The first kappa shape index (κ1) is 19.9. The molecule has 5 rings (SSSR count). The number of aromatic nitrogens is 6. The summed E-state index contributed by atoms with van der Waals surface area (Å²) in [4.78, 5) is 19.1.